The zero-order chi connectivity index (χ0) is 13.5. The minimum absolute atomic E-state index is 0.131. The first kappa shape index (κ1) is 15.9. The molecule has 0 aliphatic carbocycles. The molecule has 0 saturated carbocycles. The van der Waals surface area contributed by atoms with E-state index in [1.165, 1.54) is 0 Å². The third kappa shape index (κ3) is 6.94. The Morgan fingerprint density at radius 2 is 2.06 bits per heavy atom. The Labute approximate surface area is 103 Å². The fourth-order valence-corrected chi connectivity index (χ4v) is 1.57. The zero-order valence-corrected chi connectivity index (χ0v) is 11.0. The number of carboxylic acids is 1. The maximum absolute atomic E-state index is 11.7. The van der Waals surface area contributed by atoms with Crippen molar-refractivity contribution in [1.29, 1.82) is 0 Å². The van der Waals surface area contributed by atoms with E-state index in [4.69, 9.17) is 10.8 Å². The van der Waals surface area contributed by atoms with Crippen molar-refractivity contribution in [2.45, 2.75) is 52.0 Å². The van der Waals surface area contributed by atoms with Crippen LogP contribution in [0.15, 0.2) is 0 Å². The third-order valence-corrected chi connectivity index (χ3v) is 2.75. The van der Waals surface area contributed by atoms with Crippen molar-refractivity contribution in [3.8, 4) is 0 Å². The van der Waals surface area contributed by atoms with Crippen LogP contribution in [0.4, 0.5) is 0 Å². The summed E-state index contributed by atoms with van der Waals surface area (Å²) in [4.78, 5) is 22.1. The summed E-state index contributed by atoms with van der Waals surface area (Å²) in [5.41, 5.74) is 5.04. The molecular formula is C12H24N2O3. The van der Waals surface area contributed by atoms with E-state index in [9.17, 15) is 9.59 Å². The molecule has 0 aromatic heterocycles. The molecule has 1 amide bonds. The summed E-state index contributed by atoms with van der Waals surface area (Å²) in [5.74, 6) is -0.827. The average molecular weight is 244 g/mol. The first-order valence-electron chi connectivity index (χ1n) is 6.08. The number of amides is 1. The van der Waals surface area contributed by atoms with Crippen LogP contribution in [0.2, 0.25) is 0 Å². The molecule has 0 fully saturated rings. The molecule has 0 aromatic carbocycles. The molecule has 0 bridgehead atoms. The Balaban J connectivity index is 3.94. The van der Waals surface area contributed by atoms with E-state index in [1.807, 2.05) is 13.8 Å². The van der Waals surface area contributed by atoms with Crippen molar-refractivity contribution in [2.24, 2.45) is 11.7 Å². The summed E-state index contributed by atoms with van der Waals surface area (Å²) in [6.07, 6.45) is 2.19. The third-order valence-electron chi connectivity index (χ3n) is 2.75. The lowest BCUT2D eigenvalue weighted by atomic mass is 9.96. The number of rotatable bonds is 8. The van der Waals surface area contributed by atoms with Gasteiger partial charge in [0, 0.05) is 13.0 Å². The SMILES string of the molecule is CCCC(C)(N)C(=O)NCC(C)CCC(=O)O. The molecule has 2 unspecified atom stereocenters. The Morgan fingerprint density at radius 1 is 1.47 bits per heavy atom. The predicted octanol–water partition coefficient (Wildman–Crippen LogP) is 1.12. The normalized spacial score (nSPS) is 16.0. The van der Waals surface area contributed by atoms with Crippen LogP contribution in [0.3, 0.4) is 0 Å². The lowest BCUT2D eigenvalue weighted by molar-refractivity contribution is -0.137. The molecule has 17 heavy (non-hydrogen) atoms. The second-order valence-electron chi connectivity index (χ2n) is 4.92. The number of carboxylic acid groups (broad SMARTS) is 1. The van der Waals surface area contributed by atoms with Gasteiger partial charge in [0.05, 0.1) is 5.54 Å². The Morgan fingerprint density at radius 3 is 2.53 bits per heavy atom. The van der Waals surface area contributed by atoms with Gasteiger partial charge in [0.25, 0.3) is 0 Å². The van der Waals surface area contributed by atoms with Crippen molar-refractivity contribution in [1.82, 2.24) is 5.32 Å². The van der Waals surface area contributed by atoms with E-state index in [0.717, 1.165) is 6.42 Å². The van der Waals surface area contributed by atoms with Gasteiger partial charge in [0.15, 0.2) is 0 Å². The quantitative estimate of drug-likeness (QED) is 0.596. The standard InChI is InChI=1S/C12H24N2O3/c1-4-7-12(3,13)11(17)14-8-9(2)5-6-10(15)16/h9H,4-8,13H2,1-3H3,(H,14,17)(H,15,16). The van der Waals surface area contributed by atoms with E-state index in [0.29, 0.717) is 19.4 Å². The topological polar surface area (TPSA) is 92.4 Å². The summed E-state index contributed by atoms with van der Waals surface area (Å²) in [5, 5.41) is 11.3. The van der Waals surface area contributed by atoms with Gasteiger partial charge in [-0.25, -0.2) is 0 Å². The van der Waals surface area contributed by atoms with Crippen molar-refractivity contribution >= 4 is 11.9 Å². The monoisotopic (exact) mass is 244 g/mol. The molecule has 0 radical (unpaired) electrons. The fraction of sp³-hybridized carbons (Fsp3) is 0.833. The molecule has 0 heterocycles. The van der Waals surface area contributed by atoms with Crippen molar-refractivity contribution in [3.05, 3.63) is 0 Å². The minimum Gasteiger partial charge on any atom is -0.481 e. The Hall–Kier alpha value is -1.10. The fourth-order valence-electron chi connectivity index (χ4n) is 1.57. The largest absolute Gasteiger partial charge is 0.481 e. The van der Waals surface area contributed by atoms with Crippen molar-refractivity contribution in [3.63, 3.8) is 0 Å². The number of nitrogens with one attached hydrogen (secondary N) is 1. The van der Waals surface area contributed by atoms with E-state index >= 15 is 0 Å². The number of aliphatic carboxylic acids is 1. The van der Waals surface area contributed by atoms with Gasteiger partial charge in [-0.2, -0.15) is 0 Å². The second-order valence-corrected chi connectivity index (χ2v) is 4.92. The highest BCUT2D eigenvalue weighted by molar-refractivity contribution is 5.85. The van der Waals surface area contributed by atoms with Crippen LogP contribution in [0.25, 0.3) is 0 Å². The average Bonchev–Trinajstić information content (AvgIpc) is 2.22. The van der Waals surface area contributed by atoms with Gasteiger partial charge >= 0.3 is 5.97 Å². The lowest BCUT2D eigenvalue weighted by Gasteiger charge is -2.23. The van der Waals surface area contributed by atoms with E-state index in [-0.39, 0.29) is 18.2 Å². The van der Waals surface area contributed by atoms with Crippen molar-refractivity contribution in [2.75, 3.05) is 6.54 Å². The molecule has 0 rings (SSSR count). The predicted molar refractivity (Wildman–Crippen MR) is 66.5 cm³/mol. The van der Waals surface area contributed by atoms with Crippen LogP contribution in [-0.2, 0) is 9.59 Å². The zero-order valence-electron chi connectivity index (χ0n) is 11.0. The van der Waals surface area contributed by atoms with Crippen molar-refractivity contribution < 1.29 is 14.7 Å². The number of hydrogen-bond acceptors (Lipinski definition) is 3. The van der Waals surface area contributed by atoms with Crippen LogP contribution in [0, 0.1) is 5.92 Å². The summed E-state index contributed by atoms with van der Waals surface area (Å²) < 4.78 is 0. The van der Waals surface area contributed by atoms with E-state index < -0.39 is 11.5 Å². The Kier molecular flexibility index (Phi) is 6.80. The van der Waals surface area contributed by atoms with Gasteiger partial charge in [0.1, 0.15) is 0 Å². The van der Waals surface area contributed by atoms with Crippen LogP contribution in [0.1, 0.15) is 46.5 Å². The highest BCUT2D eigenvalue weighted by Gasteiger charge is 2.26. The first-order valence-corrected chi connectivity index (χ1v) is 6.08. The number of carbonyl (C=O) groups excluding carboxylic acids is 1. The highest BCUT2D eigenvalue weighted by Crippen LogP contribution is 2.09. The van der Waals surface area contributed by atoms with Crippen LogP contribution in [-0.4, -0.2) is 29.1 Å². The second kappa shape index (κ2) is 7.27. The molecule has 0 aliphatic heterocycles. The Bertz CT molecular complexity index is 264. The van der Waals surface area contributed by atoms with Gasteiger partial charge in [-0.15, -0.1) is 0 Å². The molecular weight excluding hydrogens is 220 g/mol. The molecule has 2 atom stereocenters. The van der Waals surface area contributed by atoms with Crippen LogP contribution >= 0.6 is 0 Å². The number of hydrogen-bond donors (Lipinski definition) is 3. The summed E-state index contributed by atoms with van der Waals surface area (Å²) in [6, 6.07) is 0. The number of carbonyl (C=O) groups is 2. The van der Waals surface area contributed by atoms with Gasteiger partial charge < -0.3 is 16.2 Å². The maximum Gasteiger partial charge on any atom is 0.303 e. The molecule has 0 aliphatic rings. The molecule has 0 spiro atoms. The summed E-state index contributed by atoms with van der Waals surface area (Å²) >= 11 is 0. The molecule has 4 N–H and O–H groups in total. The molecule has 0 saturated heterocycles. The lowest BCUT2D eigenvalue weighted by Crippen LogP contribution is -2.52. The van der Waals surface area contributed by atoms with Crippen LogP contribution in [0.5, 0.6) is 0 Å². The molecule has 100 valence electrons. The first-order chi connectivity index (χ1) is 7.79. The summed E-state index contributed by atoms with van der Waals surface area (Å²) in [7, 11) is 0. The van der Waals surface area contributed by atoms with Gasteiger partial charge in [-0.1, -0.05) is 20.3 Å². The minimum atomic E-state index is -0.832. The summed E-state index contributed by atoms with van der Waals surface area (Å²) in [6.45, 7) is 6.08. The molecule has 5 heteroatoms. The van der Waals surface area contributed by atoms with E-state index in [1.54, 1.807) is 6.92 Å². The number of nitrogens with two attached hydrogens (primary N) is 1. The maximum atomic E-state index is 11.7. The smallest absolute Gasteiger partial charge is 0.303 e. The molecule has 0 aromatic rings. The highest BCUT2D eigenvalue weighted by atomic mass is 16.4. The van der Waals surface area contributed by atoms with Gasteiger partial charge in [-0.3, -0.25) is 9.59 Å². The van der Waals surface area contributed by atoms with Gasteiger partial charge in [-0.05, 0) is 25.7 Å². The van der Waals surface area contributed by atoms with Gasteiger partial charge in [0.2, 0.25) is 5.91 Å². The van der Waals surface area contributed by atoms with E-state index in [2.05, 4.69) is 5.32 Å². The van der Waals surface area contributed by atoms with Crippen LogP contribution < -0.4 is 11.1 Å². The molecule has 5 nitrogen and oxygen atoms in total.